The first-order chi connectivity index (χ1) is 7.60. The average molecular weight is 223 g/mol. The van der Waals surface area contributed by atoms with E-state index in [0.29, 0.717) is 17.9 Å². The lowest BCUT2D eigenvalue weighted by Gasteiger charge is -2.15. The van der Waals surface area contributed by atoms with Crippen LogP contribution in [-0.4, -0.2) is 33.8 Å². The maximum atomic E-state index is 11.6. The van der Waals surface area contributed by atoms with Crippen molar-refractivity contribution in [3.63, 3.8) is 0 Å². The van der Waals surface area contributed by atoms with E-state index in [1.54, 1.807) is 13.0 Å². The van der Waals surface area contributed by atoms with Crippen LogP contribution < -0.4 is 9.64 Å². The molecule has 1 aromatic carbocycles. The van der Waals surface area contributed by atoms with Crippen molar-refractivity contribution >= 4 is 11.7 Å². The molecule has 0 atom stereocenters. The van der Waals surface area contributed by atoms with Crippen molar-refractivity contribution in [2.45, 2.75) is 6.92 Å². The van der Waals surface area contributed by atoms with Gasteiger partial charge in [-0.25, -0.2) is 4.79 Å². The highest BCUT2D eigenvalue weighted by Crippen LogP contribution is 2.25. The molecule has 0 aliphatic carbocycles. The van der Waals surface area contributed by atoms with E-state index in [0.717, 1.165) is 5.69 Å². The minimum atomic E-state index is -0.357. The van der Waals surface area contributed by atoms with E-state index in [2.05, 4.69) is 0 Å². The number of ether oxygens (including phenoxy) is 2. The van der Waals surface area contributed by atoms with Crippen molar-refractivity contribution in [1.82, 2.24) is 0 Å². The molecule has 88 valence electrons. The molecule has 0 heterocycles. The van der Waals surface area contributed by atoms with Crippen molar-refractivity contribution in [2.75, 3.05) is 32.7 Å². The molecular weight excluding hydrogens is 206 g/mol. The molecule has 0 fully saturated rings. The van der Waals surface area contributed by atoms with Gasteiger partial charge in [-0.3, -0.25) is 0 Å². The Morgan fingerprint density at radius 3 is 2.56 bits per heavy atom. The summed E-state index contributed by atoms with van der Waals surface area (Å²) in [5, 5.41) is 0. The van der Waals surface area contributed by atoms with E-state index < -0.39 is 0 Å². The normalized spacial score (nSPS) is 9.75. The summed E-state index contributed by atoms with van der Waals surface area (Å²) in [6, 6.07) is 5.38. The summed E-state index contributed by atoms with van der Waals surface area (Å²) in [6.45, 7) is 2.13. The number of hydrogen-bond donors (Lipinski definition) is 0. The SMILES string of the molecule is CCOC(=O)c1ccc(N(C)C)cc1OC. The third-order valence-electron chi connectivity index (χ3n) is 2.20. The summed E-state index contributed by atoms with van der Waals surface area (Å²) < 4.78 is 10.1. The molecule has 0 aliphatic rings. The highest BCUT2D eigenvalue weighted by Gasteiger charge is 2.14. The number of benzene rings is 1. The molecule has 0 amide bonds. The Morgan fingerprint density at radius 2 is 2.06 bits per heavy atom. The van der Waals surface area contributed by atoms with Gasteiger partial charge in [0.2, 0.25) is 0 Å². The predicted octanol–water partition coefficient (Wildman–Crippen LogP) is 1.94. The van der Waals surface area contributed by atoms with Crippen LogP contribution in [0.15, 0.2) is 18.2 Å². The molecule has 0 N–H and O–H groups in total. The summed E-state index contributed by atoms with van der Waals surface area (Å²) in [4.78, 5) is 13.5. The van der Waals surface area contributed by atoms with Gasteiger partial charge in [0, 0.05) is 25.8 Å². The fourth-order valence-corrected chi connectivity index (χ4v) is 1.34. The molecule has 0 unspecified atom stereocenters. The maximum Gasteiger partial charge on any atom is 0.341 e. The quantitative estimate of drug-likeness (QED) is 0.731. The number of rotatable bonds is 4. The molecule has 1 rings (SSSR count). The molecular formula is C12H17NO3. The number of carbonyl (C=O) groups excluding carboxylic acids is 1. The lowest BCUT2D eigenvalue weighted by molar-refractivity contribution is 0.0523. The Balaban J connectivity index is 3.06. The first kappa shape index (κ1) is 12.4. The summed E-state index contributed by atoms with van der Waals surface area (Å²) in [7, 11) is 5.40. The number of anilines is 1. The molecule has 4 heteroatoms. The van der Waals surface area contributed by atoms with Crippen LogP contribution in [0.3, 0.4) is 0 Å². The third-order valence-corrected chi connectivity index (χ3v) is 2.20. The molecule has 0 aromatic heterocycles. The zero-order valence-electron chi connectivity index (χ0n) is 10.1. The minimum absolute atomic E-state index is 0.357. The van der Waals surface area contributed by atoms with Crippen LogP contribution in [0, 0.1) is 0 Å². The number of hydrogen-bond acceptors (Lipinski definition) is 4. The number of carbonyl (C=O) groups is 1. The minimum Gasteiger partial charge on any atom is -0.496 e. The zero-order valence-corrected chi connectivity index (χ0v) is 10.1. The first-order valence-corrected chi connectivity index (χ1v) is 5.12. The smallest absolute Gasteiger partial charge is 0.341 e. The van der Waals surface area contributed by atoms with Gasteiger partial charge in [0.25, 0.3) is 0 Å². The van der Waals surface area contributed by atoms with Gasteiger partial charge in [-0.2, -0.15) is 0 Å². The van der Waals surface area contributed by atoms with Crippen molar-refractivity contribution in [3.8, 4) is 5.75 Å². The zero-order chi connectivity index (χ0) is 12.1. The Bertz CT molecular complexity index is 375. The van der Waals surface area contributed by atoms with Gasteiger partial charge in [0.15, 0.2) is 0 Å². The van der Waals surface area contributed by atoms with Crippen LogP contribution in [0.5, 0.6) is 5.75 Å². The molecule has 0 saturated carbocycles. The standard InChI is InChI=1S/C12H17NO3/c1-5-16-12(14)10-7-6-9(13(2)3)8-11(10)15-4/h6-8H,5H2,1-4H3. The number of esters is 1. The summed E-state index contributed by atoms with van der Waals surface area (Å²) in [5.74, 6) is 0.175. The third kappa shape index (κ3) is 2.66. The Labute approximate surface area is 95.8 Å². The van der Waals surface area contributed by atoms with Gasteiger partial charge in [0.05, 0.1) is 13.7 Å². The Hall–Kier alpha value is -1.71. The van der Waals surface area contributed by atoms with Gasteiger partial charge in [-0.05, 0) is 19.1 Å². The highest BCUT2D eigenvalue weighted by molar-refractivity contribution is 5.93. The monoisotopic (exact) mass is 223 g/mol. The summed E-state index contributed by atoms with van der Waals surface area (Å²) >= 11 is 0. The molecule has 0 saturated heterocycles. The van der Waals surface area contributed by atoms with E-state index in [-0.39, 0.29) is 5.97 Å². The second-order valence-electron chi connectivity index (χ2n) is 3.50. The number of nitrogens with zero attached hydrogens (tertiary/aromatic N) is 1. The largest absolute Gasteiger partial charge is 0.496 e. The van der Waals surface area contributed by atoms with E-state index in [1.165, 1.54) is 7.11 Å². The molecule has 0 spiro atoms. The van der Waals surface area contributed by atoms with Crippen LogP contribution >= 0.6 is 0 Å². The van der Waals surface area contributed by atoms with Crippen molar-refractivity contribution in [1.29, 1.82) is 0 Å². The van der Waals surface area contributed by atoms with Crippen LogP contribution in [-0.2, 0) is 4.74 Å². The van der Waals surface area contributed by atoms with Gasteiger partial charge < -0.3 is 14.4 Å². The lowest BCUT2D eigenvalue weighted by atomic mass is 10.1. The van der Waals surface area contributed by atoms with E-state index in [9.17, 15) is 4.79 Å². The second-order valence-corrected chi connectivity index (χ2v) is 3.50. The van der Waals surface area contributed by atoms with Crippen LogP contribution in [0.1, 0.15) is 17.3 Å². The molecule has 0 radical (unpaired) electrons. The number of methoxy groups -OCH3 is 1. The highest BCUT2D eigenvalue weighted by atomic mass is 16.5. The van der Waals surface area contributed by atoms with E-state index >= 15 is 0 Å². The second kappa shape index (κ2) is 5.39. The van der Waals surface area contributed by atoms with E-state index in [4.69, 9.17) is 9.47 Å². The molecule has 16 heavy (non-hydrogen) atoms. The van der Waals surface area contributed by atoms with Crippen molar-refractivity contribution < 1.29 is 14.3 Å². The maximum absolute atomic E-state index is 11.6. The summed E-state index contributed by atoms with van der Waals surface area (Å²) in [5.41, 5.74) is 1.43. The van der Waals surface area contributed by atoms with Crippen LogP contribution in [0.25, 0.3) is 0 Å². The molecule has 4 nitrogen and oxygen atoms in total. The van der Waals surface area contributed by atoms with Gasteiger partial charge in [-0.15, -0.1) is 0 Å². The molecule has 0 bridgehead atoms. The average Bonchev–Trinajstić information content (AvgIpc) is 2.28. The molecule has 0 aliphatic heterocycles. The fourth-order valence-electron chi connectivity index (χ4n) is 1.34. The lowest BCUT2D eigenvalue weighted by Crippen LogP contribution is -2.11. The Morgan fingerprint density at radius 1 is 1.38 bits per heavy atom. The van der Waals surface area contributed by atoms with Gasteiger partial charge >= 0.3 is 5.97 Å². The van der Waals surface area contributed by atoms with Crippen LogP contribution in [0.2, 0.25) is 0 Å². The van der Waals surface area contributed by atoms with Crippen LogP contribution in [0.4, 0.5) is 5.69 Å². The van der Waals surface area contributed by atoms with Gasteiger partial charge in [0.1, 0.15) is 11.3 Å². The summed E-state index contributed by atoms with van der Waals surface area (Å²) in [6.07, 6.45) is 0. The van der Waals surface area contributed by atoms with Crippen molar-refractivity contribution in [2.24, 2.45) is 0 Å². The van der Waals surface area contributed by atoms with Crippen molar-refractivity contribution in [3.05, 3.63) is 23.8 Å². The van der Waals surface area contributed by atoms with Gasteiger partial charge in [-0.1, -0.05) is 0 Å². The Kier molecular flexibility index (Phi) is 4.17. The first-order valence-electron chi connectivity index (χ1n) is 5.12. The predicted molar refractivity (Wildman–Crippen MR) is 63.3 cm³/mol. The fraction of sp³-hybridized carbons (Fsp3) is 0.417. The topological polar surface area (TPSA) is 38.8 Å². The molecule has 1 aromatic rings. The van der Waals surface area contributed by atoms with E-state index in [1.807, 2.05) is 31.1 Å².